The Hall–Kier alpha value is -1.15. The lowest BCUT2D eigenvalue weighted by molar-refractivity contribution is 0.0376. The first kappa shape index (κ1) is 16.2. The molecule has 0 spiro atoms. The molecule has 0 aliphatic carbocycles. The second-order valence-electron chi connectivity index (χ2n) is 5.18. The summed E-state index contributed by atoms with van der Waals surface area (Å²) in [5, 5.41) is 0. The summed E-state index contributed by atoms with van der Waals surface area (Å²) in [6.45, 7) is 6.37. The monoisotopic (exact) mass is 313 g/mol. The molecule has 1 fully saturated rings. The predicted octanol–water partition coefficient (Wildman–Crippen LogP) is 0.578. The summed E-state index contributed by atoms with van der Waals surface area (Å²) in [7, 11) is -3.49. The Balaban J connectivity index is 1.85. The Labute approximate surface area is 126 Å². The van der Waals surface area contributed by atoms with Crippen molar-refractivity contribution in [2.45, 2.75) is 18.2 Å². The Kier molecular flexibility index (Phi) is 5.58. The van der Waals surface area contributed by atoms with Crippen LogP contribution in [0.1, 0.15) is 12.0 Å². The SMILES string of the molecule is Cc1c(N)cccc1S(=O)(=O)NCCCN1CCOCC1. The van der Waals surface area contributed by atoms with Gasteiger partial charge in [-0.25, -0.2) is 13.1 Å². The summed E-state index contributed by atoms with van der Waals surface area (Å²) in [6, 6.07) is 4.94. The molecule has 0 aromatic heterocycles. The maximum atomic E-state index is 12.3. The average Bonchev–Trinajstić information content (AvgIpc) is 2.47. The third-order valence-corrected chi connectivity index (χ3v) is 5.27. The first-order valence-corrected chi connectivity index (χ1v) is 8.64. The van der Waals surface area contributed by atoms with Crippen molar-refractivity contribution in [1.29, 1.82) is 0 Å². The Morgan fingerprint density at radius 2 is 2.05 bits per heavy atom. The molecule has 1 heterocycles. The maximum Gasteiger partial charge on any atom is 0.240 e. The third kappa shape index (κ3) is 4.41. The number of anilines is 1. The van der Waals surface area contributed by atoms with Gasteiger partial charge in [-0.15, -0.1) is 0 Å². The highest BCUT2D eigenvalue weighted by Crippen LogP contribution is 2.20. The summed E-state index contributed by atoms with van der Waals surface area (Å²) in [5.74, 6) is 0. The number of rotatable bonds is 6. The Morgan fingerprint density at radius 3 is 2.76 bits per heavy atom. The van der Waals surface area contributed by atoms with Crippen LogP contribution in [0.2, 0.25) is 0 Å². The van der Waals surface area contributed by atoms with Gasteiger partial charge < -0.3 is 10.5 Å². The number of morpholine rings is 1. The second kappa shape index (κ2) is 7.22. The van der Waals surface area contributed by atoms with Crippen molar-refractivity contribution in [2.24, 2.45) is 0 Å². The van der Waals surface area contributed by atoms with Crippen molar-refractivity contribution in [3.05, 3.63) is 23.8 Å². The fourth-order valence-corrected chi connectivity index (χ4v) is 3.68. The number of hydrogen-bond acceptors (Lipinski definition) is 5. The molecule has 118 valence electrons. The number of benzene rings is 1. The number of nitrogens with zero attached hydrogens (tertiary/aromatic N) is 1. The molecule has 1 aliphatic rings. The van der Waals surface area contributed by atoms with Crippen LogP contribution in [0.15, 0.2) is 23.1 Å². The Morgan fingerprint density at radius 1 is 1.33 bits per heavy atom. The zero-order valence-electron chi connectivity index (χ0n) is 12.3. The molecule has 1 saturated heterocycles. The minimum absolute atomic E-state index is 0.258. The molecular weight excluding hydrogens is 290 g/mol. The van der Waals surface area contributed by atoms with Gasteiger partial charge in [0.2, 0.25) is 10.0 Å². The van der Waals surface area contributed by atoms with E-state index in [0.717, 1.165) is 39.3 Å². The number of ether oxygens (including phenoxy) is 1. The molecular formula is C14H23N3O3S. The molecule has 1 aliphatic heterocycles. The average molecular weight is 313 g/mol. The van der Waals surface area contributed by atoms with Crippen LogP contribution < -0.4 is 10.5 Å². The van der Waals surface area contributed by atoms with Crippen LogP contribution in [0.5, 0.6) is 0 Å². The van der Waals surface area contributed by atoms with Gasteiger partial charge in [-0.1, -0.05) is 6.07 Å². The molecule has 0 radical (unpaired) electrons. The van der Waals surface area contributed by atoms with E-state index in [0.29, 0.717) is 17.8 Å². The van der Waals surface area contributed by atoms with Gasteiger partial charge >= 0.3 is 0 Å². The van der Waals surface area contributed by atoms with Crippen LogP contribution in [-0.4, -0.2) is 52.7 Å². The summed E-state index contributed by atoms with van der Waals surface area (Å²) in [4.78, 5) is 2.54. The number of sulfonamides is 1. The molecule has 3 N–H and O–H groups in total. The first-order chi connectivity index (χ1) is 10.0. The summed E-state index contributed by atoms with van der Waals surface area (Å²) in [5.41, 5.74) is 6.85. The van der Waals surface area contributed by atoms with Crippen LogP contribution in [0.4, 0.5) is 5.69 Å². The van der Waals surface area contributed by atoms with Crippen molar-refractivity contribution in [2.75, 3.05) is 45.1 Å². The van der Waals surface area contributed by atoms with Gasteiger partial charge in [0.1, 0.15) is 0 Å². The van der Waals surface area contributed by atoms with E-state index >= 15 is 0 Å². The number of hydrogen-bond donors (Lipinski definition) is 2. The smallest absolute Gasteiger partial charge is 0.240 e. The van der Waals surface area contributed by atoms with E-state index < -0.39 is 10.0 Å². The van der Waals surface area contributed by atoms with Crippen molar-refractivity contribution in [3.63, 3.8) is 0 Å². The highest BCUT2D eigenvalue weighted by atomic mass is 32.2. The van der Waals surface area contributed by atoms with E-state index in [4.69, 9.17) is 10.5 Å². The van der Waals surface area contributed by atoms with Crippen LogP contribution in [-0.2, 0) is 14.8 Å². The Bertz CT molecular complexity index is 569. The minimum atomic E-state index is -3.49. The number of nitrogens with one attached hydrogen (secondary N) is 1. The van der Waals surface area contributed by atoms with Crippen molar-refractivity contribution < 1.29 is 13.2 Å². The van der Waals surface area contributed by atoms with Crippen LogP contribution in [0.25, 0.3) is 0 Å². The van der Waals surface area contributed by atoms with Crippen molar-refractivity contribution in [1.82, 2.24) is 9.62 Å². The van der Waals surface area contributed by atoms with E-state index in [1.165, 1.54) is 0 Å². The minimum Gasteiger partial charge on any atom is -0.398 e. The van der Waals surface area contributed by atoms with Gasteiger partial charge in [0.05, 0.1) is 18.1 Å². The molecule has 1 aromatic rings. The summed E-state index contributed by atoms with van der Waals surface area (Å²) >= 11 is 0. The van der Waals surface area contributed by atoms with Crippen molar-refractivity contribution in [3.8, 4) is 0 Å². The molecule has 0 amide bonds. The lowest BCUT2D eigenvalue weighted by atomic mass is 10.2. The van der Waals surface area contributed by atoms with E-state index in [2.05, 4.69) is 9.62 Å². The van der Waals surface area contributed by atoms with E-state index in [1.807, 2.05) is 0 Å². The van der Waals surface area contributed by atoms with Crippen molar-refractivity contribution >= 4 is 15.7 Å². The number of nitrogen functional groups attached to an aromatic ring is 1. The van der Waals surface area contributed by atoms with E-state index in [-0.39, 0.29) is 4.90 Å². The van der Waals surface area contributed by atoms with Crippen LogP contribution >= 0.6 is 0 Å². The van der Waals surface area contributed by atoms with Gasteiger partial charge in [0, 0.05) is 25.3 Å². The fraction of sp³-hybridized carbons (Fsp3) is 0.571. The van der Waals surface area contributed by atoms with Gasteiger partial charge in [0.25, 0.3) is 0 Å². The molecule has 21 heavy (non-hydrogen) atoms. The fourth-order valence-electron chi connectivity index (χ4n) is 2.33. The van der Waals surface area contributed by atoms with Crippen LogP contribution in [0.3, 0.4) is 0 Å². The quantitative estimate of drug-likeness (QED) is 0.593. The lowest BCUT2D eigenvalue weighted by Crippen LogP contribution is -2.38. The molecule has 7 heteroatoms. The van der Waals surface area contributed by atoms with Gasteiger partial charge in [-0.3, -0.25) is 4.90 Å². The molecule has 0 unspecified atom stereocenters. The molecule has 0 atom stereocenters. The molecule has 0 saturated carbocycles. The molecule has 0 bridgehead atoms. The largest absolute Gasteiger partial charge is 0.398 e. The van der Waals surface area contributed by atoms with Crippen LogP contribution in [0, 0.1) is 6.92 Å². The summed E-state index contributed by atoms with van der Waals surface area (Å²) in [6.07, 6.45) is 0.778. The first-order valence-electron chi connectivity index (χ1n) is 7.15. The van der Waals surface area contributed by atoms with Gasteiger partial charge in [-0.05, 0) is 37.6 Å². The summed E-state index contributed by atoms with van der Waals surface area (Å²) < 4.78 is 32.4. The number of nitrogens with two attached hydrogens (primary N) is 1. The van der Waals surface area contributed by atoms with E-state index in [1.54, 1.807) is 25.1 Å². The highest BCUT2D eigenvalue weighted by molar-refractivity contribution is 7.89. The molecule has 1 aromatic carbocycles. The molecule has 6 nitrogen and oxygen atoms in total. The third-order valence-electron chi connectivity index (χ3n) is 3.66. The van der Waals surface area contributed by atoms with Gasteiger partial charge in [0.15, 0.2) is 0 Å². The predicted molar refractivity (Wildman–Crippen MR) is 82.7 cm³/mol. The maximum absolute atomic E-state index is 12.3. The second-order valence-corrected chi connectivity index (χ2v) is 6.91. The standard InChI is InChI=1S/C14H23N3O3S/c1-12-13(15)4-2-5-14(12)21(18,19)16-6-3-7-17-8-10-20-11-9-17/h2,4-5,16H,3,6-11,15H2,1H3. The highest BCUT2D eigenvalue weighted by Gasteiger charge is 2.17. The zero-order chi connectivity index (χ0) is 15.3. The lowest BCUT2D eigenvalue weighted by Gasteiger charge is -2.26. The zero-order valence-corrected chi connectivity index (χ0v) is 13.2. The normalized spacial score (nSPS) is 17.0. The van der Waals surface area contributed by atoms with E-state index in [9.17, 15) is 8.42 Å². The topological polar surface area (TPSA) is 84.7 Å². The van der Waals surface area contributed by atoms with Gasteiger partial charge in [-0.2, -0.15) is 0 Å². The molecule has 2 rings (SSSR count).